The van der Waals surface area contributed by atoms with Gasteiger partial charge in [-0.25, -0.2) is 4.79 Å². The lowest BCUT2D eigenvalue weighted by molar-refractivity contribution is -0.142. The smallest absolute Gasteiger partial charge is 0.326 e. The SMILES string of the molecule is CC(N)C(=O)NC(CC(N)=O)C(=O)NC(CC(N)=O)C(=O)NC(CCCN=C(N)N)C(=O)O. The molecule has 0 fully saturated rings. The Bertz CT molecular complexity index is 781. The van der Waals surface area contributed by atoms with E-state index in [4.69, 9.17) is 28.7 Å². The van der Waals surface area contributed by atoms with Gasteiger partial charge in [-0.05, 0) is 19.8 Å². The van der Waals surface area contributed by atoms with Crippen molar-refractivity contribution in [3.05, 3.63) is 0 Å². The number of nitrogens with two attached hydrogens (primary N) is 5. The second-order valence-electron chi connectivity index (χ2n) is 7.10. The van der Waals surface area contributed by atoms with Gasteiger partial charge in [0.2, 0.25) is 29.5 Å². The maximum absolute atomic E-state index is 12.6. The summed E-state index contributed by atoms with van der Waals surface area (Å²) in [7, 11) is 0. The molecule has 0 heterocycles. The van der Waals surface area contributed by atoms with E-state index in [0.717, 1.165) is 0 Å². The number of nitrogens with zero attached hydrogens (tertiary/aromatic N) is 1. The Hall–Kier alpha value is -3.95. The van der Waals surface area contributed by atoms with Crippen molar-refractivity contribution in [3.63, 3.8) is 0 Å². The van der Waals surface area contributed by atoms with Crippen molar-refractivity contribution in [3.8, 4) is 0 Å². The molecule has 33 heavy (non-hydrogen) atoms. The van der Waals surface area contributed by atoms with Crippen LogP contribution in [0.5, 0.6) is 0 Å². The molecule has 0 radical (unpaired) electrons. The predicted molar refractivity (Wildman–Crippen MR) is 115 cm³/mol. The predicted octanol–water partition coefficient (Wildman–Crippen LogP) is -5.32. The first-order chi connectivity index (χ1) is 15.2. The lowest BCUT2D eigenvalue weighted by Crippen LogP contribution is -2.58. The second kappa shape index (κ2) is 14.2. The molecular formula is C17H31N9O7. The van der Waals surface area contributed by atoms with Crippen molar-refractivity contribution in [2.24, 2.45) is 33.7 Å². The van der Waals surface area contributed by atoms with E-state index in [0.29, 0.717) is 0 Å². The molecule has 0 rings (SSSR count). The molecular weight excluding hydrogens is 442 g/mol. The number of hydrogen-bond acceptors (Lipinski definition) is 8. The van der Waals surface area contributed by atoms with Gasteiger partial charge in [-0.3, -0.25) is 29.0 Å². The van der Waals surface area contributed by atoms with Crippen LogP contribution in [0, 0.1) is 0 Å². The quantitative estimate of drug-likeness (QED) is 0.0617. The van der Waals surface area contributed by atoms with Crippen LogP contribution >= 0.6 is 0 Å². The molecule has 0 bridgehead atoms. The minimum Gasteiger partial charge on any atom is -0.480 e. The standard InChI is InChI=1S/C17H31N9O7/c1-7(18)13(29)25-9(5-11(19)27)15(31)26-10(6-12(20)28)14(30)24-8(16(32)33)3-2-4-23-17(21)22/h7-10H,2-6,18H2,1H3,(H2,19,27)(H2,20,28)(H,24,30)(H,25,29)(H,26,31)(H,32,33)(H4,21,22,23). The van der Waals surface area contributed by atoms with Crippen LogP contribution in [-0.4, -0.2) is 77.3 Å². The highest BCUT2D eigenvalue weighted by Crippen LogP contribution is 2.03. The summed E-state index contributed by atoms with van der Waals surface area (Å²) < 4.78 is 0. The molecule has 4 unspecified atom stereocenters. The molecule has 0 aliphatic heterocycles. The number of amides is 5. The molecule has 16 nitrogen and oxygen atoms in total. The Morgan fingerprint density at radius 1 is 0.788 bits per heavy atom. The molecule has 5 amide bonds. The number of aliphatic carboxylic acids is 1. The molecule has 0 spiro atoms. The van der Waals surface area contributed by atoms with Gasteiger partial charge >= 0.3 is 5.97 Å². The molecule has 0 aliphatic carbocycles. The van der Waals surface area contributed by atoms with E-state index in [1.807, 2.05) is 0 Å². The maximum atomic E-state index is 12.6. The molecule has 186 valence electrons. The average molecular weight is 473 g/mol. The fraction of sp³-hybridized carbons (Fsp3) is 0.588. The lowest BCUT2D eigenvalue weighted by atomic mass is 10.1. The summed E-state index contributed by atoms with van der Waals surface area (Å²) >= 11 is 0. The molecule has 16 heteroatoms. The summed E-state index contributed by atoms with van der Waals surface area (Å²) in [5.41, 5.74) is 26.0. The van der Waals surface area contributed by atoms with Crippen LogP contribution in [0.3, 0.4) is 0 Å². The van der Waals surface area contributed by atoms with Crippen LogP contribution in [-0.2, 0) is 28.8 Å². The van der Waals surface area contributed by atoms with Crippen molar-refractivity contribution >= 4 is 41.5 Å². The minimum absolute atomic E-state index is 0.0656. The van der Waals surface area contributed by atoms with Crippen molar-refractivity contribution < 1.29 is 33.9 Å². The van der Waals surface area contributed by atoms with Gasteiger partial charge < -0.3 is 49.7 Å². The van der Waals surface area contributed by atoms with Crippen LogP contribution < -0.4 is 44.6 Å². The second-order valence-corrected chi connectivity index (χ2v) is 7.10. The number of guanidine groups is 1. The largest absolute Gasteiger partial charge is 0.480 e. The number of aliphatic imine (C=N–C) groups is 1. The van der Waals surface area contributed by atoms with E-state index < -0.39 is 72.5 Å². The monoisotopic (exact) mass is 473 g/mol. The van der Waals surface area contributed by atoms with Gasteiger partial charge in [0.1, 0.15) is 18.1 Å². The Balaban J connectivity index is 5.41. The summed E-state index contributed by atoms with van der Waals surface area (Å²) in [5.74, 6) is -6.34. The summed E-state index contributed by atoms with van der Waals surface area (Å²) in [5, 5.41) is 15.9. The third-order valence-electron chi connectivity index (χ3n) is 4.05. The zero-order valence-electron chi connectivity index (χ0n) is 18.1. The highest BCUT2D eigenvalue weighted by Gasteiger charge is 2.31. The van der Waals surface area contributed by atoms with Crippen LogP contribution in [0.25, 0.3) is 0 Å². The van der Waals surface area contributed by atoms with Crippen LogP contribution in [0.4, 0.5) is 0 Å². The maximum Gasteiger partial charge on any atom is 0.326 e. The Morgan fingerprint density at radius 2 is 1.21 bits per heavy atom. The van der Waals surface area contributed by atoms with Gasteiger partial charge in [-0.1, -0.05) is 0 Å². The molecule has 0 aromatic heterocycles. The van der Waals surface area contributed by atoms with Gasteiger partial charge in [0.05, 0.1) is 18.9 Å². The van der Waals surface area contributed by atoms with Crippen molar-refractivity contribution in [1.82, 2.24) is 16.0 Å². The Labute approximate surface area is 189 Å². The van der Waals surface area contributed by atoms with Crippen molar-refractivity contribution in [1.29, 1.82) is 0 Å². The zero-order chi connectivity index (χ0) is 25.7. The van der Waals surface area contributed by atoms with Gasteiger partial charge in [0.25, 0.3) is 0 Å². The Morgan fingerprint density at radius 3 is 1.58 bits per heavy atom. The number of carboxylic acids is 1. The third-order valence-corrected chi connectivity index (χ3v) is 4.05. The summed E-state index contributed by atoms with van der Waals surface area (Å²) in [6.07, 6.45) is -1.18. The number of primary amides is 2. The summed E-state index contributed by atoms with van der Waals surface area (Å²) in [4.78, 5) is 74.8. The number of carbonyl (C=O) groups excluding carboxylic acids is 5. The number of rotatable bonds is 15. The molecule has 0 aliphatic rings. The van der Waals surface area contributed by atoms with E-state index in [9.17, 15) is 33.9 Å². The van der Waals surface area contributed by atoms with Gasteiger partial charge in [-0.2, -0.15) is 0 Å². The van der Waals surface area contributed by atoms with Crippen molar-refractivity contribution in [2.45, 2.75) is 56.8 Å². The zero-order valence-corrected chi connectivity index (χ0v) is 18.1. The summed E-state index contributed by atoms with van der Waals surface area (Å²) in [6, 6.07) is -5.51. The van der Waals surface area contributed by atoms with E-state index >= 15 is 0 Å². The van der Waals surface area contributed by atoms with E-state index in [-0.39, 0.29) is 25.3 Å². The first kappa shape index (κ1) is 29.1. The average Bonchev–Trinajstić information content (AvgIpc) is 2.67. The number of carboxylic acid groups (broad SMARTS) is 1. The minimum atomic E-state index is -1.60. The first-order valence-corrected chi connectivity index (χ1v) is 9.76. The molecule has 0 aromatic carbocycles. The normalized spacial score (nSPS) is 14.0. The lowest BCUT2D eigenvalue weighted by Gasteiger charge is -2.24. The fourth-order valence-corrected chi connectivity index (χ4v) is 2.43. The van der Waals surface area contributed by atoms with Crippen LogP contribution in [0.1, 0.15) is 32.6 Å². The first-order valence-electron chi connectivity index (χ1n) is 9.76. The van der Waals surface area contributed by atoms with Crippen molar-refractivity contribution in [2.75, 3.05) is 6.54 Å². The molecule has 0 saturated carbocycles. The highest BCUT2D eigenvalue weighted by molar-refractivity contribution is 5.97. The molecule has 14 N–H and O–H groups in total. The summed E-state index contributed by atoms with van der Waals surface area (Å²) in [6.45, 7) is 1.44. The topological polar surface area (TPSA) is 301 Å². The van der Waals surface area contributed by atoms with Crippen LogP contribution in [0.15, 0.2) is 4.99 Å². The number of nitrogens with one attached hydrogen (secondary N) is 3. The molecule has 4 atom stereocenters. The Kier molecular flexibility index (Phi) is 12.5. The van der Waals surface area contributed by atoms with Gasteiger partial charge in [0, 0.05) is 6.54 Å². The van der Waals surface area contributed by atoms with Crippen LogP contribution in [0.2, 0.25) is 0 Å². The number of hydrogen-bond donors (Lipinski definition) is 9. The van der Waals surface area contributed by atoms with Gasteiger partial charge in [-0.15, -0.1) is 0 Å². The van der Waals surface area contributed by atoms with E-state index in [1.165, 1.54) is 6.92 Å². The van der Waals surface area contributed by atoms with Gasteiger partial charge in [0.15, 0.2) is 5.96 Å². The number of carbonyl (C=O) groups is 6. The third kappa shape index (κ3) is 12.5. The highest BCUT2D eigenvalue weighted by atomic mass is 16.4. The van der Waals surface area contributed by atoms with E-state index in [2.05, 4.69) is 20.9 Å². The molecule has 0 saturated heterocycles. The molecule has 0 aromatic rings. The van der Waals surface area contributed by atoms with E-state index in [1.54, 1.807) is 0 Å². The fourth-order valence-electron chi connectivity index (χ4n) is 2.43.